The smallest absolute Gasteiger partial charge is 0.246 e. The highest BCUT2D eigenvalue weighted by Crippen LogP contribution is 2.35. The van der Waals surface area contributed by atoms with Gasteiger partial charge in [-0.3, -0.25) is 0 Å². The number of ether oxygens (including phenoxy) is 1. The van der Waals surface area contributed by atoms with Crippen LogP contribution in [0.2, 0.25) is 5.02 Å². The fraction of sp³-hybridized carbons (Fsp3) is 0.238. The van der Waals surface area contributed by atoms with Crippen LogP contribution in [0.3, 0.4) is 0 Å². The fourth-order valence-electron chi connectivity index (χ4n) is 3.83. The van der Waals surface area contributed by atoms with Gasteiger partial charge in [0.05, 0.1) is 36.1 Å². The molecule has 9 heteroatoms. The van der Waals surface area contributed by atoms with Crippen molar-refractivity contribution in [1.82, 2.24) is 25.1 Å². The van der Waals surface area contributed by atoms with E-state index >= 15 is 0 Å². The van der Waals surface area contributed by atoms with Crippen molar-refractivity contribution in [2.24, 2.45) is 0 Å². The molecule has 1 N–H and O–H groups in total. The zero-order chi connectivity index (χ0) is 20.7. The Morgan fingerprint density at radius 2 is 2.10 bits per heavy atom. The number of benzene rings is 2. The summed E-state index contributed by atoms with van der Waals surface area (Å²) in [4.78, 5) is 14.8. The fourth-order valence-corrected chi connectivity index (χ4v) is 4.00. The van der Waals surface area contributed by atoms with Crippen molar-refractivity contribution in [3.63, 3.8) is 0 Å². The lowest BCUT2D eigenvalue weighted by Crippen LogP contribution is -2.26. The van der Waals surface area contributed by atoms with Gasteiger partial charge in [-0.1, -0.05) is 11.6 Å². The third-order valence-corrected chi connectivity index (χ3v) is 5.52. The Morgan fingerprint density at radius 1 is 1.20 bits per heavy atom. The molecule has 0 amide bonds. The van der Waals surface area contributed by atoms with E-state index in [4.69, 9.17) is 21.3 Å². The number of aromatic nitrogens is 5. The molecule has 0 radical (unpaired) electrons. The Hall–Kier alpha value is -3.26. The van der Waals surface area contributed by atoms with Gasteiger partial charge in [-0.2, -0.15) is 5.10 Å². The molecule has 152 valence electrons. The molecule has 1 aliphatic rings. The summed E-state index contributed by atoms with van der Waals surface area (Å²) >= 11 is 6.10. The average Bonchev–Trinajstić information content (AvgIpc) is 3.40. The molecule has 2 aromatic heterocycles. The maximum Gasteiger partial charge on any atom is 0.246 e. The summed E-state index contributed by atoms with van der Waals surface area (Å²) in [5, 5.41) is 8.99. The summed E-state index contributed by atoms with van der Waals surface area (Å²) in [6, 6.07) is 10.3. The van der Waals surface area contributed by atoms with Crippen LogP contribution in [-0.2, 0) is 0 Å². The molecular weight excluding hydrogens is 407 g/mol. The van der Waals surface area contributed by atoms with Crippen LogP contribution in [0.4, 0.5) is 10.3 Å². The summed E-state index contributed by atoms with van der Waals surface area (Å²) in [5.74, 6) is 1.07. The van der Waals surface area contributed by atoms with Crippen LogP contribution in [-0.4, -0.2) is 38.8 Å². The third-order valence-electron chi connectivity index (χ3n) is 5.28. The molecule has 2 aromatic carbocycles. The minimum Gasteiger partial charge on any atom is -0.494 e. The SMILES string of the molecule is COc1ccc(-c2cnnc(N3CCC[C@@H]3c3nc4ccc(Cl)cc4[nH]3)n2)cc1F. The Balaban J connectivity index is 1.48. The Labute approximate surface area is 176 Å². The first-order chi connectivity index (χ1) is 14.6. The first-order valence-electron chi connectivity index (χ1n) is 9.58. The van der Waals surface area contributed by atoms with E-state index in [1.165, 1.54) is 19.4 Å². The molecule has 0 bridgehead atoms. The van der Waals surface area contributed by atoms with E-state index in [-0.39, 0.29) is 11.8 Å². The van der Waals surface area contributed by atoms with E-state index in [0.29, 0.717) is 22.2 Å². The van der Waals surface area contributed by atoms with Crippen LogP contribution in [0.1, 0.15) is 24.7 Å². The van der Waals surface area contributed by atoms with Crippen molar-refractivity contribution < 1.29 is 9.13 Å². The predicted octanol–water partition coefficient (Wildman–Crippen LogP) is 4.56. The van der Waals surface area contributed by atoms with Crippen LogP contribution < -0.4 is 9.64 Å². The third kappa shape index (κ3) is 3.33. The van der Waals surface area contributed by atoms with E-state index in [1.807, 2.05) is 18.2 Å². The number of rotatable bonds is 4. The second-order valence-electron chi connectivity index (χ2n) is 7.13. The highest BCUT2D eigenvalue weighted by molar-refractivity contribution is 6.31. The van der Waals surface area contributed by atoms with Crippen molar-refractivity contribution in [3.8, 4) is 17.0 Å². The van der Waals surface area contributed by atoms with Crippen LogP contribution in [0.5, 0.6) is 5.75 Å². The first-order valence-corrected chi connectivity index (χ1v) is 9.95. The maximum absolute atomic E-state index is 14.1. The van der Waals surface area contributed by atoms with Gasteiger partial charge in [-0.05, 0) is 49.2 Å². The van der Waals surface area contributed by atoms with Crippen molar-refractivity contribution >= 4 is 28.6 Å². The molecule has 30 heavy (non-hydrogen) atoms. The summed E-state index contributed by atoms with van der Waals surface area (Å²) < 4.78 is 19.1. The van der Waals surface area contributed by atoms with E-state index in [9.17, 15) is 4.39 Å². The Bertz CT molecular complexity index is 1230. The quantitative estimate of drug-likeness (QED) is 0.517. The molecule has 1 aliphatic heterocycles. The maximum atomic E-state index is 14.1. The van der Waals surface area contributed by atoms with Crippen molar-refractivity contribution in [1.29, 1.82) is 0 Å². The monoisotopic (exact) mass is 424 g/mol. The van der Waals surface area contributed by atoms with E-state index in [0.717, 1.165) is 36.2 Å². The largest absolute Gasteiger partial charge is 0.494 e. The number of halogens is 2. The van der Waals surface area contributed by atoms with Gasteiger partial charge in [0.15, 0.2) is 11.6 Å². The highest BCUT2D eigenvalue weighted by atomic mass is 35.5. The average molecular weight is 425 g/mol. The number of nitrogens with zero attached hydrogens (tertiary/aromatic N) is 5. The van der Waals surface area contributed by atoms with Crippen LogP contribution in [0, 0.1) is 5.82 Å². The molecule has 5 rings (SSSR count). The number of H-pyrrole nitrogens is 1. The minimum atomic E-state index is -0.449. The molecule has 1 saturated heterocycles. The molecule has 0 saturated carbocycles. The topological polar surface area (TPSA) is 79.8 Å². The summed E-state index contributed by atoms with van der Waals surface area (Å²) in [5.41, 5.74) is 2.91. The zero-order valence-electron chi connectivity index (χ0n) is 16.1. The van der Waals surface area contributed by atoms with E-state index in [2.05, 4.69) is 25.1 Å². The summed E-state index contributed by atoms with van der Waals surface area (Å²) in [7, 11) is 1.43. The van der Waals surface area contributed by atoms with Gasteiger partial charge in [-0.15, -0.1) is 5.10 Å². The van der Waals surface area contributed by atoms with Gasteiger partial charge >= 0.3 is 0 Å². The van der Waals surface area contributed by atoms with E-state index < -0.39 is 5.82 Å². The molecule has 0 unspecified atom stereocenters. The molecule has 0 spiro atoms. The van der Waals surface area contributed by atoms with Crippen molar-refractivity contribution in [3.05, 3.63) is 59.3 Å². The predicted molar refractivity (Wildman–Crippen MR) is 112 cm³/mol. The van der Waals surface area contributed by atoms with Crippen LogP contribution in [0.15, 0.2) is 42.6 Å². The lowest BCUT2D eigenvalue weighted by molar-refractivity contribution is 0.386. The van der Waals surface area contributed by atoms with Crippen molar-refractivity contribution in [2.45, 2.75) is 18.9 Å². The van der Waals surface area contributed by atoms with Gasteiger partial charge < -0.3 is 14.6 Å². The zero-order valence-corrected chi connectivity index (χ0v) is 16.9. The number of imidazole rings is 1. The molecule has 0 aliphatic carbocycles. The van der Waals surface area contributed by atoms with E-state index in [1.54, 1.807) is 12.1 Å². The number of hydrogen-bond donors (Lipinski definition) is 1. The highest BCUT2D eigenvalue weighted by Gasteiger charge is 2.31. The van der Waals surface area contributed by atoms with Gasteiger partial charge in [0.1, 0.15) is 5.82 Å². The molecule has 3 heterocycles. The Morgan fingerprint density at radius 3 is 2.93 bits per heavy atom. The van der Waals surface area contributed by atoms with Gasteiger partial charge in [0.25, 0.3) is 0 Å². The molecular formula is C21H18ClFN6O. The normalized spacial score (nSPS) is 16.4. The second kappa shape index (κ2) is 7.53. The number of hydrogen-bond acceptors (Lipinski definition) is 6. The minimum absolute atomic E-state index is 0.000768. The molecule has 1 atom stereocenters. The molecule has 7 nitrogen and oxygen atoms in total. The van der Waals surface area contributed by atoms with Gasteiger partial charge in [0.2, 0.25) is 5.95 Å². The number of fused-ring (bicyclic) bond motifs is 1. The standard InChI is InChI=1S/C21H18ClFN6O/c1-30-19-7-4-12(9-14(19)23)17-11-24-28-21(27-17)29-8-2-3-18(29)20-25-15-6-5-13(22)10-16(15)26-20/h4-7,9-11,18H,2-3,8H2,1H3,(H,25,26)/t18-/m1/s1. The number of methoxy groups -OCH3 is 1. The molecule has 4 aromatic rings. The lowest BCUT2D eigenvalue weighted by atomic mass is 10.1. The molecule has 1 fully saturated rings. The van der Waals surface area contributed by atoms with Crippen LogP contribution >= 0.6 is 11.6 Å². The summed E-state index contributed by atoms with van der Waals surface area (Å²) in [6.45, 7) is 0.782. The van der Waals surface area contributed by atoms with Crippen molar-refractivity contribution in [2.75, 3.05) is 18.6 Å². The van der Waals surface area contributed by atoms with Gasteiger partial charge in [0, 0.05) is 17.1 Å². The van der Waals surface area contributed by atoms with Crippen LogP contribution in [0.25, 0.3) is 22.3 Å². The Kier molecular flexibility index (Phi) is 4.71. The lowest BCUT2D eigenvalue weighted by Gasteiger charge is -2.22. The summed E-state index contributed by atoms with van der Waals surface area (Å²) in [6.07, 6.45) is 3.42. The first kappa shape index (κ1) is 18.7. The number of anilines is 1. The second-order valence-corrected chi connectivity index (χ2v) is 7.56. The number of aromatic amines is 1. The number of nitrogens with one attached hydrogen (secondary N) is 1. The van der Waals surface area contributed by atoms with Gasteiger partial charge in [-0.25, -0.2) is 14.4 Å².